The van der Waals surface area contributed by atoms with Crippen LogP contribution in [0.5, 0.6) is 0 Å². The number of nitrogens with one attached hydrogen (secondary N) is 1. The van der Waals surface area contributed by atoms with Crippen LogP contribution in [-0.4, -0.2) is 20.7 Å². The van der Waals surface area contributed by atoms with Gasteiger partial charge in [-0.05, 0) is 16.7 Å². The number of amides is 1. The van der Waals surface area contributed by atoms with Gasteiger partial charge >= 0.3 is 0 Å². The van der Waals surface area contributed by atoms with E-state index in [1.807, 2.05) is 67.8 Å². The summed E-state index contributed by atoms with van der Waals surface area (Å²) >= 11 is 1.43. The van der Waals surface area contributed by atoms with Crippen molar-refractivity contribution in [3.05, 3.63) is 94.8 Å². The minimum absolute atomic E-state index is 0.193. The van der Waals surface area contributed by atoms with Crippen molar-refractivity contribution in [1.82, 2.24) is 20.1 Å². The summed E-state index contributed by atoms with van der Waals surface area (Å²) in [7, 11) is 1.85. The number of aryl methyl sites for hydroxylation is 1. The molecule has 0 bridgehead atoms. The van der Waals surface area contributed by atoms with E-state index in [1.54, 1.807) is 16.3 Å². The molecule has 0 saturated carbocycles. The number of thiazole rings is 1. The maximum atomic E-state index is 12.6. The average Bonchev–Trinajstić information content (AvgIpc) is 3.43. The van der Waals surface area contributed by atoms with E-state index in [2.05, 4.69) is 15.4 Å². The third kappa shape index (κ3) is 5.00. The van der Waals surface area contributed by atoms with E-state index in [-0.39, 0.29) is 5.91 Å². The van der Waals surface area contributed by atoms with Crippen LogP contribution in [0.3, 0.4) is 0 Å². The van der Waals surface area contributed by atoms with Crippen LogP contribution in [0.4, 0.5) is 0 Å². The number of nitrogens with zero attached hydrogens (tertiary/aromatic N) is 3. The molecule has 0 spiro atoms. The quantitative estimate of drug-likeness (QED) is 0.466. The van der Waals surface area contributed by atoms with Gasteiger partial charge in [0.1, 0.15) is 10.7 Å². The molecule has 0 radical (unpaired) electrons. The number of benzene rings is 2. The normalized spacial score (nSPS) is 10.8. The molecule has 4 rings (SSSR count). The Balaban J connectivity index is 1.34. The third-order valence-corrected chi connectivity index (χ3v) is 5.51. The lowest BCUT2D eigenvalue weighted by Gasteiger charge is -2.11. The molecule has 0 atom stereocenters. The minimum Gasteiger partial charge on any atom is -0.372 e. The molecule has 1 N–H and O–H groups in total. The molecule has 2 aromatic carbocycles. The molecule has 7 heteroatoms. The van der Waals surface area contributed by atoms with Gasteiger partial charge in [0.05, 0.1) is 19.4 Å². The molecule has 0 fully saturated rings. The number of hydrogen-bond donors (Lipinski definition) is 1. The Morgan fingerprint density at radius 1 is 1.07 bits per heavy atom. The van der Waals surface area contributed by atoms with Crippen molar-refractivity contribution in [2.24, 2.45) is 7.05 Å². The molecule has 4 aromatic rings. The van der Waals surface area contributed by atoms with Crippen molar-refractivity contribution in [1.29, 1.82) is 0 Å². The summed E-state index contributed by atoms with van der Waals surface area (Å²) in [6.07, 6.45) is 3.62. The fourth-order valence-electron chi connectivity index (χ4n) is 3.03. The molecule has 6 nitrogen and oxygen atoms in total. The van der Waals surface area contributed by atoms with Gasteiger partial charge in [-0.1, -0.05) is 54.6 Å². The summed E-state index contributed by atoms with van der Waals surface area (Å²) in [4.78, 5) is 17.0. The van der Waals surface area contributed by atoms with Gasteiger partial charge in [-0.15, -0.1) is 11.3 Å². The van der Waals surface area contributed by atoms with E-state index in [1.165, 1.54) is 11.3 Å². The maximum absolute atomic E-state index is 12.6. The molecular weight excluding hydrogens is 396 g/mol. The van der Waals surface area contributed by atoms with Gasteiger partial charge in [0.2, 0.25) is 0 Å². The Hall–Kier alpha value is -3.29. The zero-order valence-corrected chi connectivity index (χ0v) is 17.4. The molecule has 0 aliphatic heterocycles. The summed E-state index contributed by atoms with van der Waals surface area (Å²) in [5.41, 5.74) is 4.54. The average molecular weight is 419 g/mol. The lowest BCUT2D eigenvalue weighted by molar-refractivity contribution is 0.0943. The van der Waals surface area contributed by atoms with E-state index >= 15 is 0 Å². The van der Waals surface area contributed by atoms with Crippen LogP contribution in [0.25, 0.3) is 10.6 Å². The summed E-state index contributed by atoms with van der Waals surface area (Å²) in [6.45, 7) is 1.46. The van der Waals surface area contributed by atoms with Gasteiger partial charge in [-0.2, -0.15) is 5.10 Å². The molecule has 2 aromatic heterocycles. The highest BCUT2D eigenvalue weighted by Gasteiger charge is 2.13. The van der Waals surface area contributed by atoms with Crippen LogP contribution in [0, 0.1) is 0 Å². The topological polar surface area (TPSA) is 69.0 Å². The van der Waals surface area contributed by atoms with Crippen LogP contribution in [0.2, 0.25) is 0 Å². The summed E-state index contributed by atoms with van der Waals surface area (Å²) in [5.74, 6) is -0.193. The lowest BCUT2D eigenvalue weighted by atomic mass is 10.1. The minimum atomic E-state index is -0.193. The van der Waals surface area contributed by atoms with Gasteiger partial charge in [0.25, 0.3) is 5.91 Å². The first-order chi connectivity index (χ1) is 14.7. The standard InChI is InChI=1S/C23H22N4O2S/c1-27-13-20(12-25-27)23-26-21(16-30-23)22(28)24-11-18-9-5-6-10-19(18)15-29-14-17-7-3-2-4-8-17/h2-10,12-13,16H,11,14-15H2,1H3,(H,24,28). The number of carbonyl (C=O) groups is 1. The van der Waals surface area contributed by atoms with Crippen molar-refractivity contribution in [3.8, 4) is 10.6 Å². The Morgan fingerprint density at radius 2 is 1.83 bits per heavy atom. The zero-order valence-electron chi connectivity index (χ0n) is 16.6. The van der Waals surface area contributed by atoms with Gasteiger partial charge < -0.3 is 10.1 Å². The molecule has 30 heavy (non-hydrogen) atoms. The highest BCUT2D eigenvalue weighted by Crippen LogP contribution is 2.23. The number of rotatable bonds is 8. The molecular formula is C23H22N4O2S. The highest BCUT2D eigenvalue weighted by atomic mass is 32.1. The first-order valence-electron chi connectivity index (χ1n) is 9.60. The van der Waals surface area contributed by atoms with Gasteiger partial charge in [0.15, 0.2) is 0 Å². The molecule has 152 valence electrons. The monoisotopic (exact) mass is 418 g/mol. The van der Waals surface area contributed by atoms with E-state index in [0.717, 1.165) is 27.3 Å². The number of carbonyl (C=O) groups excluding carboxylic acids is 1. The van der Waals surface area contributed by atoms with Gasteiger partial charge in [-0.3, -0.25) is 9.48 Å². The summed E-state index contributed by atoms with van der Waals surface area (Å²) < 4.78 is 7.58. The fourth-order valence-corrected chi connectivity index (χ4v) is 3.81. The van der Waals surface area contributed by atoms with E-state index in [4.69, 9.17) is 4.74 Å². The second kappa shape index (κ2) is 9.47. The van der Waals surface area contributed by atoms with Crippen molar-refractivity contribution >= 4 is 17.2 Å². The molecule has 0 unspecified atom stereocenters. The summed E-state index contributed by atoms with van der Waals surface area (Å²) in [6, 6.07) is 18.0. The van der Waals surface area contributed by atoms with E-state index in [0.29, 0.717) is 25.5 Å². The Labute approximate surface area is 179 Å². The predicted molar refractivity (Wildman–Crippen MR) is 117 cm³/mol. The van der Waals surface area contributed by atoms with Crippen LogP contribution >= 0.6 is 11.3 Å². The SMILES string of the molecule is Cn1cc(-c2nc(C(=O)NCc3ccccc3COCc3ccccc3)cs2)cn1. The number of hydrogen-bond acceptors (Lipinski definition) is 5. The Bertz CT molecular complexity index is 1120. The maximum Gasteiger partial charge on any atom is 0.271 e. The highest BCUT2D eigenvalue weighted by molar-refractivity contribution is 7.13. The Morgan fingerprint density at radius 3 is 2.60 bits per heavy atom. The second-order valence-corrected chi connectivity index (χ2v) is 7.73. The largest absolute Gasteiger partial charge is 0.372 e. The molecule has 0 aliphatic carbocycles. The first kappa shape index (κ1) is 20.0. The molecule has 1 amide bonds. The third-order valence-electron chi connectivity index (χ3n) is 4.62. The second-order valence-electron chi connectivity index (χ2n) is 6.87. The lowest BCUT2D eigenvalue weighted by Crippen LogP contribution is -2.23. The van der Waals surface area contributed by atoms with Crippen molar-refractivity contribution in [2.75, 3.05) is 0 Å². The van der Waals surface area contributed by atoms with Crippen molar-refractivity contribution in [2.45, 2.75) is 19.8 Å². The number of ether oxygens (including phenoxy) is 1. The molecule has 0 aliphatic rings. The predicted octanol–water partition coefficient (Wildman–Crippen LogP) is 4.19. The van der Waals surface area contributed by atoms with Gasteiger partial charge in [-0.25, -0.2) is 4.98 Å². The summed E-state index contributed by atoms with van der Waals surface area (Å²) in [5, 5.41) is 9.66. The molecule has 2 heterocycles. The number of aromatic nitrogens is 3. The van der Waals surface area contributed by atoms with Gasteiger partial charge in [0, 0.05) is 30.7 Å². The van der Waals surface area contributed by atoms with E-state index < -0.39 is 0 Å². The zero-order chi connectivity index (χ0) is 20.8. The Kier molecular flexibility index (Phi) is 6.32. The fraction of sp³-hybridized carbons (Fsp3) is 0.174. The van der Waals surface area contributed by atoms with Crippen molar-refractivity contribution < 1.29 is 9.53 Å². The van der Waals surface area contributed by atoms with Crippen LogP contribution in [0.15, 0.2) is 72.4 Å². The van der Waals surface area contributed by atoms with Crippen LogP contribution in [0.1, 0.15) is 27.2 Å². The van der Waals surface area contributed by atoms with Crippen LogP contribution in [-0.2, 0) is 31.5 Å². The van der Waals surface area contributed by atoms with Crippen molar-refractivity contribution in [3.63, 3.8) is 0 Å². The van der Waals surface area contributed by atoms with E-state index in [9.17, 15) is 4.79 Å². The molecule has 0 saturated heterocycles. The first-order valence-corrected chi connectivity index (χ1v) is 10.5. The smallest absolute Gasteiger partial charge is 0.271 e. The van der Waals surface area contributed by atoms with Crippen LogP contribution < -0.4 is 5.32 Å².